The molecule has 2 aromatic heterocycles. The van der Waals surface area contributed by atoms with Crippen molar-refractivity contribution < 1.29 is 14.3 Å². The van der Waals surface area contributed by atoms with E-state index in [9.17, 15) is 9.59 Å². The van der Waals surface area contributed by atoms with Gasteiger partial charge in [-0.1, -0.05) is 0 Å². The molecule has 5 heterocycles. The van der Waals surface area contributed by atoms with Crippen LogP contribution in [-0.4, -0.2) is 64.9 Å². The average molecular weight is 393 g/mol. The summed E-state index contributed by atoms with van der Waals surface area (Å²) in [4.78, 5) is 39.7. The highest BCUT2D eigenvalue weighted by Crippen LogP contribution is 2.35. The highest BCUT2D eigenvalue weighted by Gasteiger charge is 2.29. The first kappa shape index (κ1) is 17.9. The maximum atomic E-state index is 12.8. The van der Waals surface area contributed by atoms with E-state index in [4.69, 9.17) is 9.72 Å². The summed E-state index contributed by atoms with van der Waals surface area (Å²) < 4.78 is 5.82. The predicted octanol–water partition coefficient (Wildman–Crippen LogP) is 2.22. The zero-order valence-corrected chi connectivity index (χ0v) is 16.4. The molecule has 0 aromatic carbocycles. The molecule has 0 saturated carbocycles. The number of hydrogen-bond donors (Lipinski definition) is 0. The van der Waals surface area contributed by atoms with E-state index in [0.29, 0.717) is 42.4 Å². The quantitative estimate of drug-likeness (QED) is 0.779. The number of pyridine rings is 2. The van der Waals surface area contributed by atoms with E-state index in [0.717, 1.165) is 37.4 Å². The smallest absolute Gasteiger partial charge is 0.255 e. The molecular formula is C21H23N5O3. The number of fused-ring (bicyclic) bond motifs is 2. The second-order valence-electron chi connectivity index (χ2n) is 7.72. The first-order valence-electron chi connectivity index (χ1n) is 10.1. The Balaban J connectivity index is 1.44. The van der Waals surface area contributed by atoms with Crippen molar-refractivity contribution in [2.75, 3.05) is 38.2 Å². The fraction of sp³-hybridized carbons (Fsp3) is 0.429. The highest BCUT2D eigenvalue weighted by atomic mass is 16.5. The van der Waals surface area contributed by atoms with Gasteiger partial charge in [-0.2, -0.15) is 0 Å². The van der Waals surface area contributed by atoms with E-state index in [-0.39, 0.29) is 11.8 Å². The Morgan fingerprint density at radius 1 is 1.14 bits per heavy atom. The van der Waals surface area contributed by atoms with Gasteiger partial charge in [-0.3, -0.25) is 9.59 Å². The van der Waals surface area contributed by atoms with Gasteiger partial charge in [0.05, 0.1) is 29.9 Å². The lowest BCUT2D eigenvalue weighted by Crippen LogP contribution is -2.36. The molecule has 29 heavy (non-hydrogen) atoms. The molecule has 0 radical (unpaired) electrons. The number of carbonyl (C=O) groups is 2. The van der Waals surface area contributed by atoms with Gasteiger partial charge in [-0.25, -0.2) is 9.97 Å². The van der Waals surface area contributed by atoms with Crippen LogP contribution in [0.4, 0.5) is 11.6 Å². The van der Waals surface area contributed by atoms with Crippen LogP contribution in [0.25, 0.3) is 0 Å². The van der Waals surface area contributed by atoms with Crippen LogP contribution in [0.1, 0.15) is 45.7 Å². The fourth-order valence-corrected chi connectivity index (χ4v) is 4.18. The van der Waals surface area contributed by atoms with Crippen molar-refractivity contribution in [1.29, 1.82) is 0 Å². The Bertz CT molecular complexity index is 986. The van der Waals surface area contributed by atoms with Crippen molar-refractivity contribution in [2.45, 2.75) is 25.8 Å². The van der Waals surface area contributed by atoms with E-state index in [2.05, 4.69) is 4.98 Å². The lowest BCUT2D eigenvalue weighted by atomic mass is 10.1. The lowest BCUT2D eigenvalue weighted by molar-refractivity contribution is 0.0723. The number of carbonyl (C=O) groups excluding carboxylic acids is 2. The predicted molar refractivity (Wildman–Crippen MR) is 107 cm³/mol. The Morgan fingerprint density at radius 2 is 1.97 bits per heavy atom. The number of anilines is 2. The normalized spacial score (nSPS) is 18.4. The third kappa shape index (κ3) is 3.08. The molecule has 8 heteroatoms. The summed E-state index contributed by atoms with van der Waals surface area (Å²) in [6.45, 7) is 3.20. The molecule has 0 spiro atoms. The molecule has 0 bridgehead atoms. The van der Waals surface area contributed by atoms with Crippen molar-refractivity contribution >= 4 is 23.5 Å². The SMILES string of the molecule is CN1Cc2nc(N3CCOc4cc(C(=O)N5CCCCC5)cnc43)ccc2C1=O. The maximum absolute atomic E-state index is 12.8. The Morgan fingerprint density at radius 3 is 2.79 bits per heavy atom. The molecular weight excluding hydrogens is 370 g/mol. The minimum absolute atomic E-state index is 0.000388. The second-order valence-corrected chi connectivity index (χ2v) is 7.72. The van der Waals surface area contributed by atoms with Crippen LogP contribution in [-0.2, 0) is 6.54 Å². The Hall–Kier alpha value is -3.16. The van der Waals surface area contributed by atoms with Gasteiger partial charge >= 0.3 is 0 Å². The molecule has 0 N–H and O–H groups in total. The molecule has 3 aliphatic rings. The molecule has 2 amide bonds. The number of rotatable bonds is 2. The average Bonchev–Trinajstić information content (AvgIpc) is 3.06. The van der Waals surface area contributed by atoms with Gasteiger partial charge in [0.15, 0.2) is 11.6 Å². The summed E-state index contributed by atoms with van der Waals surface area (Å²) in [6.07, 6.45) is 4.91. The van der Waals surface area contributed by atoms with Crippen LogP contribution in [0.15, 0.2) is 24.4 Å². The van der Waals surface area contributed by atoms with Crippen LogP contribution >= 0.6 is 0 Å². The third-order valence-electron chi connectivity index (χ3n) is 5.75. The van der Waals surface area contributed by atoms with Crippen LogP contribution in [0.2, 0.25) is 0 Å². The first-order chi connectivity index (χ1) is 14.1. The summed E-state index contributed by atoms with van der Waals surface area (Å²) in [5.74, 6) is 1.99. The summed E-state index contributed by atoms with van der Waals surface area (Å²) in [6, 6.07) is 5.46. The molecule has 1 saturated heterocycles. The molecule has 0 atom stereocenters. The molecule has 8 nitrogen and oxygen atoms in total. The highest BCUT2D eigenvalue weighted by molar-refractivity contribution is 5.98. The van der Waals surface area contributed by atoms with Gasteiger partial charge in [0.2, 0.25) is 0 Å². The van der Waals surface area contributed by atoms with Gasteiger partial charge in [0, 0.05) is 26.3 Å². The van der Waals surface area contributed by atoms with Crippen LogP contribution in [0, 0.1) is 0 Å². The van der Waals surface area contributed by atoms with Gasteiger partial charge in [0.25, 0.3) is 11.8 Å². The van der Waals surface area contributed by atoms with Crippen LogP contribution < -0.4 is 9.64 Å². The first-order valence-corrected chi connectivity index (χ1v) is 10.1. The standard InChI is InChI=1S/C21H23N5O3/c1-24-13-16-15(21(24)28)5-6-18(23-16)26-9-10-29-17-11-14(12-22-19(17)26)20(27)25-7-3-2-4-8-25/h5-6,11-12H,2-4,7-10,13H2,1H3. The molecule has 0 unspecified atom stereocenters. The van der Waals surface area contributed by atoms with Gasteiger partial charge in [-0.15, -0.1) is 0 Å². The van der Waals surface area contributed by atoms with Crippen LogP contribution in [0.5, 0.6) is 5.75 Å². The number of amides is 2. The number of piperidine rings is 1. The van der Waals surface area contributed by atoms with Crippen molar-refractivity contribution in [3.05, 3.63) is 41.2 Å². The zero-order chi connectivity index (χ0) is 20.0. The van der Waals surface area contributed by atoms with Crippen LogP contribution in [0.3, 0.4) is 0 Å². The van der Waals surface area contributed by atoms with Gasteiger partial charge in [-0.05, 0) is 37.5 Å². The fourth-order valence-electron chi connectivity index (χ4n) is 4.18. The van der Waals surface area contributed by atoms with Crippen molar-refractivity contribution in [2.24, 2.45) is 0 Å². The summed E-state index contributed by atoms with van der Waals surface area (Å²) in [5, 5.41) is 0. The monoisotopic (exact) mass is 393 g/mol. The number of aromatic nitrogens is 2. The largest absolute Gasteiger partial charge is 0.488 e. The number of likely N-dealkylation sites (tertiary alicyclic amines) is 1. The summed E-state index contributed by atoms with van der Waals surface area (Å²) in [7, 11) is 1.77. The molecule has 2 aromatic rings. The van der Waals surface area contributed by atoms with Crippen molar-refractivity contribution in [3.8, 4) is 5.75 Å². The van der Waals surface area contributed by atoms with Crippen molar-refractivity contribution in [1.82, 2.24) is 19.8 Å². The Kier molecular flexibility index (Phi) is 4.34. The van der Waals surface area contributed by atoms with Gasteiger partial charge in [0.1, 0.15) is 12.4 Å². The summed E-state index contributed by atoms with van der Waals surface area (Å²) >= 11 is 0. The molecule has 5 rings (SSSR count). The van der Waals surface area contributed by atoms with E-state index in [1.54, 1.807) is 24.2 Å². The minimum atomic E-state index is 0.000388. The van der Waals surface area contributed by atoms with E-state index < -0.39 is 0 Å². The number of nitrogens with zero attached hydrogens (tertiary/aromatic N) is 5. The van der Waals surface area contributed by atoms with Gasteiger partial charge < -0.3 is 19.4 Å². The maximum Gasteiger partial charge on any atom is 0.255 e. The third-order valence-corrected chi connectivity index (χ3v) is 5.75. The van der Waals surface area contributed by atoms with E-state index in [1.165, 1.54) is 6.42 Å². The van der Waals surface area contributed by atoms with E-state index in [1.807, 2.05) is 21.9 Å². The number of ether oxygens (including phenoxy) is 1. The lowest BCUT2D eigenvalue weighted by Gasteiger charge is -2.30. The molecule has 150 valence electrons. The number of hydrogen-bond acceptors (Lipinski definition) is 6. The molecule has 1 fully saturated rings. The van der Waals surface area contributed by atoms with E-state index >= 15 is 0 Å². The summed E-state index contributed by atoms with van der Waals surface area (Å²) in [5.41, 5.74) is 1.99. The molecule has 3 aliphatic heterocycles. The minimum Gasteiger partial charge on any atom is -0.488 e. The van der Waals surface area contributed by atoms with Crippen molar-refractivity contribution in [3.63, 3.8) is 0 Å². The topological polar surface area (TPSA) is 78.9 Å². The second kappa shape index (κ2) is 7.02. The zero-order valence-electron chi connectivity index (χ0n) is 16.4. The molecule has 0 aliphatic carbocycles. The Labute approximate surface area is 169 Å².